The molecule has 3 rings (SSSR count). The Kier molecular flexibility index (Phi) is 5.21. The highest BCUT2D eigenvalue weighted by Crippen LogP contribution is 2.41. The Bertz CT molecular complexity index is 977. The number of Topliss-reactive ketones (excluding diaryl/α,β-unsaturated/α-hetero) is 1. The summed E-state index contributed by atoms with van der Waals surface area (Å²) in [4.78, 5) is 22.3. The molecule has 1 aromatic carbocycles. The van der Waals surface area contributed by atoms with Crippen LogP contribution in [0.25, 0.3) is 11.3 Å². The van der Waals surface area contributed by atoms with Crippen LogP contribution in [0.3, 0.4) is 0 Å². The standard InChI is InChI=1S/C24H27N3O/c1-16-26-20(17-10-7-6-8-11-17)19-12-9-13-24(5,21(19)27-16)14-18(15-25)22(28)23(2,3)4/h6-8,10-11,14H,9,12-13H2,1-5H3/b18-14-/t24-/m1/s1. The van der Waals surface area contributed by atoms with Crippen molar-refractivity contribution < 1.29 is 4.79 Å². The molecule has 0 unspecified atom stereocenters. The van der Waals surface area contributed by atoms with Crippen molar-refractivity contribution in [2.45, 2.75) is 59.3 Å². The zero-order chi connectivity index (χ0) is 20.5. The average Bonchev–Trinajstić information content (AvgIpc) is 2.66. The smallest absolute Gasteiger partial charge is 0.178 e. The molecule has 1 heterocycles. The Balaban J connectivity index is 2.18. The Morgan fingerprint density at radius 3 is 2.50 bits per heavy atom. The maximum atomic E-state index is 12.8. The van der Waals surface area contributed by atoms with Crippen LogP contribution in [0.15, 0.2) is 42.0 Å². The maximum Gasteiger partial charge on any atom is 0.178 e. The van der Waals surface area contributed by atoms with E-state index in [1.54, 1.807) is 0 Å². The van der Waals surface area contributed by atoms with E-state index in [1.807, 2.05) is 52.0 Å². The van der Waals surface area contributed by atoms with Gasteiger partial charge in [0, 0.05) is 22.0 Å². The first-order valence-corrected chi connectivity index (χ1v) is 9.77. The summed E-state index contributed by atoms with van der Waals surface area (Å²) in [6.07, 6.45) is 4.57. The highest BCUT2D eigenvalue weighted by molar-refractivity contribution is 6.02. The van der Waals surface area contributed by atoms with Crippen molar-refractivity contribution in [1.82, 2.24) is 9.97 Å². The van der Waals surface area contributed by atoms with Crippen LogP contribution in [0.4, 0.5) is 0 Å². The van der Waals surface area contributed by atoms with E-state index >= 15 is 0 Å². The minimum Gasteiger partial charge on any atom is -0.293 e. The van der Waals surface area contributed by atoms with Crippen molar-refractivity contribution in [3.05, 3.63) is 59.1 Å². The normalized spacial score (nSPS) is 19.6. The van der Waals surface area contributed by atoms with Gasteiger partial charge in [-0.3, -0.25) is 4.79 Å². The SMILES string of the molecule is Cc1nc(-c2ccccc2)c2c(n1)[C@@](C)(/C=C(/C#N)C(=O)C(C)(C)C)CCC2. The average molecular weight is 374 g/mol. The number of hydrogen-bond acceptors (Lipinski definition) is 4. The fraction of sp³-hybridized carbons (Fsp3) is 0.417. The number of aromatic nitrogens is 2. The van der Waals surface area contributed by atoms with E-state index in [0.717, 1.165) is 41.8 Å². The van der Waals surface area contributed by atoms with Crippen LogP contribution in [-0.4, -0.2) is 15.8 Å². The van der Waals surface area contributed by atoms with Crippen LogP contribution in [0.5, 0.6) is 0 Å². The van der Waals surface area contributed by atoms with E-state index in [-0.39, 0.29) is 11.4 Å². The van der Waals surface area contributed by atoms with Gasteiger partial charge in [0.25, 0.3) is 0 Å². The van der Waals surface area contributed by atoms with Crippen molar-refractivity contribution in [2.24, 2.45) is 5.41 Å². The lowest BCUT2D eigenvalue weighted by Gasteiger charge is -2.34. The first kappa shape index (κ1) is 19.9. The number of rotatable bonds is 3. The fourth-order valence-corrected chi connectivity index (χ4v) is 3.90. The second-order valence-electron chi connectivity index (χ2n) is 8.83. The molecular weight excluding hydrogens is 346 g/mol. The summed E-state index contributed by atoms with van der Waals surface area (Å²) >= 11 is 0. The topological polar surface area (TPSA) is 66.6 Å². The van der Waals surface area contributed by atoms with Gasteiger partial charge in [-0.05, 0) is 26.2 Å². The molecule has 0 fully saturated rings. The summed E-state index contributed by atoms with van der Waals surface area (Å²) in [6, 6.07) is 12.3. The first-order valence-electron chi connectivity index (χ1n) is 9.77. The number of carbonyl (C=O) groups is 1. The Hall–Kier alpha value is -2.80. The fourth-order valence-electron chi connectivity index (χ4n) is 3.90. The number of nitrogens with zero attached hydrogens (tertiary/aromatic N) is 3. The monoisotopic (exact) mass is 373 g/mol. The number of carbonyl (C=O) groups excluding carboxylic acids is 1. The van der Waals surface area contributed by atoms with Gasteiger partial charge in [0.15, 0.2) is 5.78 Å². The molecule has 0 radical (unpaired) electrons. The summed E-state index contributed by atoms with van der Waals surface area (Å²) in [5.74, 6) is 0.581. The van der Waals surface area contributed by atoms with Crippen LogP contribution in [0.2, 0.25) is 0 Å². The molecule has 2 aromatic rings. The number of allylic oxidation sites excluding steroid dienone is 2. The Morgan fingerprint density at radius 2 is 1.89 bits per heavy atom. The molecule has 0 amide bonds. The molecule has 1 aliphatic rings. The molecular formula is C24H27N3O. The Labute approximate surface area is 167 Å². The van der Waals surface area contributed by atoms with Gasteiger partial charge in [0.1, 0.15) is 11.9 Å². The summed E-state index contributed by atoms with van der Waals surface area (Å²) in [5, 5.41) is 9.67. The maximum absolute atomic E-state index is 12.8. The third kappa shape index (κ3) is 3.75. The number of nitriles is 1. The molecule has 0 spiro atoms. The summed E-state index contributed by atoms with van der Waals surface area (Å²) in [6.45, 7) is 9.52. The van der Waals surface area contributed by atoms with Gasteiger partial charge >= 0.3 is 0 Å². The zero-order valence-corrected chi connectivity index (χ0v) is 17.3. The number of aryl methyl sites for hydroxylation is 1. The Morgan fingerprint density at radius 1 is 1.21 bits per heavy atom. The van der Waals surface area contributed by atoms with Crippen LogP contribution in [0, 0.1) is 23.7 Å². The lowest BCUT2D eigenvalue weighted by atomic mass is 9.71. The van der Waals surface area contributed by atoms with Crippen molar-refractivity contribution >= 4 is 5.78 Å². The zero-order valence-electron chi connectivity index (χ0n) is 17.3. The molecule has 0 aliphatic heterocycles. The van der Waals surface area contributed by atoms with Crippen molar-refractivity contribution in [2.75, 3.05) is 0 Å². The largest absolute Gasteiger partial charge is 0.293 e. The van der Waals surface area contributed by atoms with Crippen LogP contribution in [0.1, 0.15) is 57.6 Å². The molecule has 1 aliphatic carbocycles. The second kappa shape index (κ2) is 7.31. The quantitative estimate of drug-likeness (QED) is 0.554. The van der Waals surface area contributed by atoms with E-state index in [4.69, 9.17) is 9.97 Å². The van der Waals surface area contributed by atoms with Crippen molar-refractivity contribution in [3.63, 3.8) is 0 Å². The van der Waals surface area contributed by atoms with Crippen LogP contribution in [-0.2, 0) is 16.6 Å². The number of benzene rings is 1. The van der Waals surface area contributed by atoms with Gasteiger partial charge in [-0.15, -0.1) is 0 Å². The predicted molar refractivity (Wildman–Crippen MR) is 111 cm³/mol. The molecule has 144 valence electrons. The van der Waals surface area contributed by atoms with E-state index in [1.165, 1.54) is 0 Å². The minimum atomic E-state index is -0.591. The molecule has 0 saturated carbocycles. The van der Waals surface area contributed by atoms with Gasteiger partial charge < -0.3 is 0 Å². The van der Waals surface area contributed by atoms with Gasteiger partial charge in [-0.1, -0.05) is 64.1 Å². The van der Waals surface area contributed by atoms with Gasteiger partial charge in [-0.25, -0.2) is 9.97 Å². The molecule has 0 saturated heterocycles. The molecule has 4 heteroatoms. The summed E-state index contributed by atoms with van der Waals surface area (Å²) in [7, 11) is 0. The highest BCUT2D eigenvalue weighted by atomic mass is 16.1. The molecule has 1 atom stereocenters. The number of ketones is 1. The molecule has 28 heavy (non-hydrogen) atoms. The summed E-state index contributed by atoms with van der Waals surface area (Å²) < 4.78 is 0. The number of hydrogen-bond donors (Lipinski definition) is 0. The summed E-state index contributed by atoms with van der Waals surface area (Å²) in [5.41, 5.74) is 3.28. The second-order valence-corrected chi connectivity index (χ2v) is 8.83. The number of fused-ring (bicyclic) bond motifs is 1. The van der Waals surface area contributed by atoms with Crippen molar-refractivity contribution in [3.8, 4) is 17.3 Å². The van der Waals surface area contributed by atoms with Gasteiger partial charge in [-0.2, -0.15) is 5.26 Å². The van der Waals surface area contributed by atoms with Gasteiger partial charge in [0.05, 0.1) is 17.0 Å². The van der Waals surface area contributed by atoms with E-state index < -0.39 is 10.8 Å². The third-order valence-electron chi connectivity index (χ3n) is 5.34. The van der Waals surface area contributed by atoms with E-state index in [0.29, 0.717) is 5.82 Å². The van der Waals surface area contributed by atoms with Crippen molar-refractivity contribution in [1.29, 1.82) is 5.26 Å². The highest BCUT2D eigenvalue weighted by Gasteiger charge is 2.36. The molecule has 0 bridgehead atoms. The lowest BCUT2D eigenvalue weighted by Crippen LogP contribution is -2.31. The van der Waals surface area contributed by atoms with E-state index in [2.05, 4.69) is 25.1 Å². The van der Waals surface area contributed by atoms with E-state index in [9.17, 15) is 10.1 Å². The lowest BCUT2D eigenvalue weighted by molar-refractivity contribution is -0.122. The van der Waals surface area contributed by atoms with Crippen LogP contribution < -0.4 is 0 Å². The first-order chi connectivity index (χ1) is 13.2. The molecule has 1 aromatic heterocycles. The third-order valence-corrected chi connectivity index (χ3v) is 5.34. The molecule has 4 nitrogen and oxygen atoms in total. The van der Waals surface area contributed by atoms with Gasteiger partial charge in [0.2, 0.25) is 0 Å². The molecule has 0 N–H and O–H groups in total. The van der Waals surface area contributed by atoms with Crippen LogP contribution >= 0.6 is 0 Å². The predicted octanol–water partition coefficient (Wildman–Crippen LogP) is 5.11. The minimum absolute atomic E-state index is 0.127.